The van der Waals surface area contributed by atoms with E-state index in [9.17, 15) is 4.79 Å². The van der Waals surface area contributed by atoms with Crippen LogP contribution in [0, 0.1) is 5.92 Å². The van der Waals surface area contributed by atoms with Gasteiger partial charge in [0.05, 0.1) is 5.92 Å². The van der Waals surface area contributed by atoms with Gasteiger partial charge in [-0.2, -0.15) is 0 Å². The van der Waals surface area contributed by atoms with Crippen molar-refractivity contribution < 1.29 is 9.53 Å². The summed E-state index contributed by atoms with van der Waals surface area (Å²) < 4.78 is 5.78. The molecule has 1 heterocycles. The molecule has 1 fully saturated rings. The second kappa shape index (κ2) is 12.1. The van der Waals surface area contributed by atoms with Gasteiger partial charge in [-0.15, -0.1) is 0 Å². The van der Waals surface area contributed by atoms with Crippen molar-refractivity contribution in [2.24, 2.45) is 5.92 Å². The molecule has 0 aromatic heterocycles. The lowest BCUT2D eigenvalue weighted by molar-refractivity contribution is -0.161. The summed E-state index contributed by atoms with van der Waals surface area (Å²) in [5, 5.41) is 0. The first-order chi connectivity index (χ1) is 12.7. The Morgan fingerprint density at radius 2 is 1.50 bits per heavy atom. The molecule has 1 saturated heterocycles. The molecule has 0 radical (unpaired) electrons. The van der Waals surface area contributed by atoms with Crippen LogP contribution in [0.4, 0.5) is 0 Å². The van der Waals surface area contributed by atoms with Gasteiger partial charge in [-0.3, -0.25) is 4.79 Å². The van der Waals surface area contributed by atoms with Crippen molar-refractivity contribution in [2.45, 2.75) is 103 Å². The summed E-state index contributed by atoms with van der Waals surface area (Å²) in [6.07, 6.45) is 15.6. The van der Waals surface area contributed by atoms with Crippen LogP contribution in [0.2, 0.25) is 0 Å². The van der Waals surface area contributed by atoms with Crippen LogP contribution < -0.4 is 0 Å². The highest BCUT2D eigenvalue weighted by molar-refractivity contribution is 5.73. The predicted octanol–water partition coefficient (Wildman–Crippen LogP) is 7.16. The van der Waals surface area contributed by atoms with Crippen LogP contribution in [0.25, 0.3) is 0 Å². The molecule has 0 N–H and O–H groups in total. The second-order valence-electron chi connectivity index (χ2n) is 7.95. The zero-order valence-electron chi connectivity index (χ0n) is 17.0. The van der Waals surface area contributed by atoms with Gasteiger partial charge in [0.25, 0.3) is 0 Å². The van der Waals surface area contributed by atoms with Crippen LogP contribution in [-0.2, 0) is 16.0 Å². The zero-order chi connectivity index (χ0) is 18.6. The van der Waals surface area contributed by atoms with E-state index in [0.717, 1.165) is 37.7 Å². The van der Waals surface area contributed by atoms with Gasteiger partial charge in [-0.1, -0.05) is 89.5 Å². The summed E-state index contributed by atoms with van der Waals surface area (Å²) in [4.78, 5) is 12.3. The van der Waals surface area contributed by atoms with Gasteiger partial charge in [0, 0.05) is 0 Å². The molecule has 26 heavy (non-hydrogen) atoms. The van der Waals surface area contributed by atoms with E-state index in [4.69, 9.17) is 4.74 Å². The number of unbranched alkanes of at least 4 members (excludes halogenated alkanes) is 7. The van der Waals surface area contributed by atoms with E-state index in [0.29, 0.717) is 0 Å². The molecule has 1 aliphatic rings. The number of ether oxygens (including phenoxy) is 1. The Labute approximate surface area is 160 Å². The first-order valence-corrected chi connectivity index (χ1v) is 11.0. The van der Waals surface area contributed by atoms with Crippen molar-refractivity contribution in [3.05, 3.63) is 35.4 Å². The monoisotopic (exact) mass is 358 g/mol. The molecular weight excluding hydrogens is 320 g/mol. The van der Waals surface area contributed by atoms with E-state index in [1.54, 1.807) is 0 Å². The highest BCUT2D eigenvalue weighted by atomic mass is 16.5. The highest BCUT2D eigenvalue weighted by Gasteiger charge is 2.30. The molecule has 1 aliphatic heterocycles. The molecule has 2 atom stereocenters. The third-order valence-corrected chi connectivity index (χ3v) is 5.70. The van der Waals surface area contributed by atoms with E-state index in [1.807, 2.05) is 0 Å². The Bertz CT molecular complexity index is 505. The van der Waals surface area contributed by atoms with E-state index in [2.05, 4.69) is 38.1 Å². The van der Waals surface area contributed by atoms with Crippen LogP contribution in [0.1, 0.15) is 108 Å². The third kappa shape index (κ3) is 7.13. The molecule has 2 nitrogen and oxygen atoms in total. The zero-order valence-corrected chi connectivity index (χ0v) is 17.0. The Morgan fingerprint density at radius 1 is 0.846 bits per heavy atom. The number of aryl methyl sites for hydroxylation is 1. The molecule has 2 rings (SSSR count). The molecule has 0 amide bonds. The Hall–Kier alpha value is -1.31. The summed E-state index contributed by atoms with van der Waals surface area (Å²) in [6, 6.07) is 8.76. The molecule has 2 heteroatoms. The minimum absolute atomic E-state index is 0.0281. The smallest absolute Gasteiger partial charge is 0.309 e. The highest BCUT2D eigenvalue weighted by Crippen LogP contribution is 2.33. The normalized spacial score (nSPS) is 20.2. The first kappa shape index (κ1) is 21.0. The van der Waals surface area contributed by atoms with Gasteiger partial charge < -0.3 is 4.74 Å². The molecule has 0 spiro atoms. The molecule has 1 aromatic rings. The van der Waals surface area contributed by atoms with Crippen molar-refractivity contribution in [1.29, 1.82) is 0 Å². The fourth-order valence-electron chi connectivity index (χ4n) is 3.91. The third-order valence-electron chi connectivity index (χ3n) is 5.70. The van der Waals surface area contributed by atoms with Gasteiger partial charge in [0.15, 0.2) is 0 Å². The second-order valence-corrected chi connectivity index (χ2v) is 7.95. The average molecular weight is 359 g/mol. The summed E-state index contributed by atoms with van der Waals surface area (Å²) in [7, 11) is 0. The summed E-state index contributed by atoms with van der Waals surface area (Å²) in [5.41, 5.74) is 2.56. The topological polar surface area (TPSA) is 26.3 Å². The number of carbonyl (C=O) groups is 1. The van der Waals surface area contributed by atoms with Crippen LogP contribution in [0.15, 0.2) is 24.3 Å². The minimum Gasteiger partial charge on any atom is -0.457 e. The van der Waals surface area contributed by atoms with Gasteiger partial charge in [-0.25, -0.2) is 0 Å². The quantitative estimate of drug-likeness (QED) is 0.292. The number of hydrogen-bond donors (Lipinski definition) is 0. The number of carbonyl (C=O) groups excluding carboxylic acids is 1. The average Bonchev–Trinajstić information content (AvgIpc) is 2.67. The van der Waals surface area contributed by atoms with Crippen molar-refractivity contribution in [3.63, 3.8) is 0 Å². The van der Waals surface area contributed by atoms with Crippen LogP contribution in [0.3, 0.4) is 0 Å². The molecule has 1 aromatic carbocycles. The van der Waals surface area contributed by atoms with E-state index in [1.165, 1.54) is 56.9 Å². The lowest BCUT2D eigenvalue weighted by atomic mass is 9.90. The van der Waals surface area contributed by atoms with E-state index >= 15 is 0 Å². The van der Waals surface area contributed by atoms with E-state index in [-0.39, 0.29) is 18.0 Å². The van der Waals surface area contributed by atoms with Crippen LogP contribution in [-0.4, -0.2) is 5.97 Å². The molecule has 0 saturated carbocycles. The fraction of sp³-hybridized carbons (Fsp3) is 0.708. The summed E-state index contributed by atoms with van der Waals surface area (Å²) in [5.74, 6) is 0.158. The molecule has 0 aliphatic carbocycles. The predicted molar refractivity (Wildman–Crippen MR) is 109 cm³/mol. The largest absolute Gasteiger partial charge is 0.457 e. The first-order valence-electron chi connectivity index (χ1n) is 11.0. The summed E-state index contributed by atoms with van der Waals surface area (Å²) in [6.45, 7) is 4.48. The lowest BCUT2D eigenvalue weighted by Crippen LogP contribution is -2.26. The maximum absolute atomic E-state index is 12.3. The Kier molecular flexibility index (Phi) is 9.81. The number of rotatable bonds is 12. The van der Waals surface area contributed by atoms with Crippen molar-refractivity contribution in [1.82, 2.24) is 0 Å². The summed E-state index contributed by atoms with van der Waals surface area (Å²) >= 11 is 0. The molecule has 2 unspecified atom stereocenters. The Morgan fingerprint density at radius 3 is 2.15 bits per heavy atom. The molecule has 0 bridgehead atoms. The SMILES string of the molecule is CCCCCCCC1CCC(c2ccc(CCCCCC)cc2)OC1=O. The van der Waals surface area contributed by atoms with E-state index < -0.39 is 0 Å². The van der Waals surface area contributed by atoms with Gasteiger partial charge in [0.2, 0.25) is 0 Å². The number of benzene rings is 1. The fourth-order valence-corrected chi connectivity index (χ4v) is 3.91. The van der Waals surface area contributed by atoms with Crippen LogP contribution in [0.5, 0.6) is 0 Å². The van der Waals surface area contributed by atoms with Gasteiger partial charge in [-0.05, 0) is 43.2 Å². The number of esters is 1. The molecule has 146 valence electrons. The minimum atomic E-state index is -0.0343. The molecular formula is C24H38O2. The van der Waals surface area contributed by atoms with Crippen molar-refractivity contribution in [2.75, 3.05) is 0 Å². The standard InChI is InChI=1S/C24H38O2/c1-3-5-7-9-11-13-22-18-19-23(26-24(22)25)21-16-14-20(15-17-21)12-10-8-6-4-2/h14-17,22-23H,3-13,18-19H2,1-2H3. The Balaban J connectivity index is 1.73. The maximum atomic E-state index is 12.3. The van der Waals surface area contributed by atoms with Crippen LogP contribution >= 0.6 is 0 Å². The number of hydrogen-bond acceptors (Lipinski definition) is 2. The van der Waals surface area contributed by atoms with Gasteiger partial charge >= 0.3 is 5.97 Å². The van der Waals surface area contributed by atoms with Crippen molar-refractivity contribution in [3.8, 4) is 0 Å². The number of cyclic esters (lactones) is 1. The van der Waals surface area contributed by atoms with Gasteiger partial charge in [0.1, 0.15) is 6.10 Å². The maximum Gasteiger partial charge on any atom is 0.309 e. The lowest BCUT2D eigenvalue weighted by Gasteiger charge is -2.28. The van der Waals surface area contributed by atoms with Crippen molar-refractivity contribution >= 4 is 5.97 Å².